The van der Waals surface area contributed by atoms with Crippen LogP contribution in [0.2, 0.25) is 0 Å². The summed E-state index contributed by atoms with van der Waals surface area (Å²) in [6.45, 7) is 13.0. The molecule has 0 saturated carbocycles. The summed E-state index contributed by atoms with van der Waals surface area (Å²) >= 11 is 0. The average molecular weight is 627 g/mol. The maximum absolute atomic E-state index is 12.6. The van der Waals surface area contributed by atoms with Crippen LogP contribution in [0.25, 0.3) is 6.08 Å². The molecule has 0 N–H and O–H groups in total. The molecule has 0 amide bonds. The largest absolute Gasteiger partial charge is 0.494 e. The maximum Gasteiger partial charge on any atom is 0.343 e. The molecule has 0 spiro atoms. The molecule has 240 valence electrons. The van der Waals surface area contributed by atoms with Gasteiger partial charge in [0, 0.05) is 17.2 Å². The van der Waals surface area contributed by atoms with Gasteiger partial charge in [0.25, 0.3) is 0 Å². The normalized spacial score (nSPS) is 10.6. The SMILES string of the molecule is C=C(C)C(=O)OCCCCCCOc1ccc(/C=C/C(=O)Oc2ccc(OC(=O)c3ccc(OC(=O)C(=C)C)cc3)cc2C)cc1. The van der Waals surface area contributed by atoms with E-state index in [1.54, 1.807) is 39.0 Å². The van der Waals surface area contributed by atoms with Gasteiger partial charge < -0.3 is 23.7 Å². The molecule has 3 rings (SSSR count). The number of ether oxygens (including phenoxy) is 5. The Balaban J connectivity index is 1.40. The van der Waals surface area contributed by atoms with Gasteiger partial charge in [-0.2, -0.15) is 0 Å². The predicted octanol–water partition coefficient (Wildman–Crippen LogP) is 7.37. The molecule has 3 aromatic rings. The zero-order chi connectivity index (χ0) is 33.5. The van der Waals surface area contributed by atoms with Crippen molar-refractivity contribution >= 4 is 30.0 Å². The molecule has 0 saturated heterocycles. The molecule has 0 heterocycles. The van der Waals surface area contributed by atoms with Crippen LogP contribution in [0.4, 0.5) is 0 Å². The van der Waals surface area contributed by atoms with E-state index >= 15 is 0 Å². The highest BCUT2D eigenvalue weighted by atomic mass is 16.5. The molecule has 0 fully saturated rings. The van der Waals surface area contributed by atoms with Crippen LogP contribution in [0.1, 0.15) is 61.0 Å². The lowest BCUT2D eigenvalue weighted by molar-refractivity contribution is -0.139. The van der Waals surface area contributed by atoms with E-state index in [0.29, 0.717) is 30.1 Å². The van der Waals surface area contributed by atoms with E-state index in [1.165, 1.54) is 36.4 Å². The number of carbonyl (C=O) groups is 4. The number of carbonyl (C=O) groups excluding carboxylic acids is 4. The molecule has 0 radical (unpaired) electrons. The molecule has 0 aliphatic rings. The third-order valence-corrected chi connectivity index (χ3v) is 6.40. The minimum atomic E-state index is -0.600. The number of aryl methyl sites for hydroxylation is 1. The maximum atomic E-state index is 12.6. The van der Waals surface area contributed by atoms with E-state index in [2.05, 4.69) is 13.2 Å². The zero-order valence-corrected chi connectivity index (χ0v) is 26.3. The standard InChI is InChI=1S/C37H38O9/c1-25(2)35(39)43-23-9-7-6-8-22-42-30-15-10-28(11-16-30)12-21-34(38)46-33-20-19-32(24-27(33)5)45-37(41)29-13-17-31(18-14-29)44-36(40)26(3)4/h10-21,24H,1,3,6-9,22-23H2,2,4-5H3/b21-12+. The van der Waals surface area contributed by atoms with Gasteiger partial charge in [-0.25, -0.2) is 19.2 Å². The van der Waals surface area contributed by atoms with Gasteiger partial charge in [0.2, 0.25) is 0 Å². The molecule has 46 heavy (non-hydrogen) atoms. The number of hydrogen-bond donors (Lipinski definition) is 0. The molecular weight excluding hydrogens is 588 g/mol. The van der Waals surface area contributed by atoms with Gasteiger partial charge in [-0.15, -0.1) is 0 Å². The summed E-state index contributed by atoms with van der Waals surface area (Å²) in [5.74, 6) is -0.453. The fourth-order valence-corrected chi connectivity index (χ4v) is 3.84. The molecule has 9 heteroatoms. The summed E-state index contributed by atoms with van der Waals surface area (Å²) < 4.78 is 26.9. The Labute approximate surface area is 269 Å². The van der Waals surface area contributed by atoms with E-state index in [1.807, 2.05) is 24.3 Å². The van der Waals surface area contributed by atoms with Crippen molar-refractivity contribution < 1.29 is 42.9 Å². The van der Waals surface area contributed by atoms with Crippen molar-refractivity contribution in [3.8, 4) is 23.0 Å². The van der Waals surface area contributed by atoms with Crippen LogP contribution >= 0.6 is 0 Å². The van der Waals surface area contributed by atoms with Crippen LogP contribution in [0, 0.1) is 6.92 Å². The van der Waals surface area contributed by atoms with Gasteiger partial charge >= 0.3 is 23.9 Å². The number of rotatable bonds is 16. The summed E-state index contributed by atoms with van der Waals surface area (Å²) in [5, 5.41) is 0. The Bertz CT molecular complexity index is 1580. The molecule has 0 atom stereocenters. The first kappa shape index (κ1) is 35.0. The van der Waals surface area contributed by atoms with Crippen LogP contribution in [-0.2, 0) is 19.1 Å². The summed E-state index contributed by atoms with van der Waals surface area (Å²) in [7, 11) is 0. The second-order valence-electron chi connectivity index (χ2n) is 10.5. The molecule has 0 unspecified atom stereocenters. The lowest BCUT2D eigenvalue weighted by Gasteiger charge is -2.09. The summed E-state index contributed by atoms with van der Waals surface area (Å²) in [6.07, 6.45) is 6.56. The summed E-state index contributed by atoms with van der Waals surface area (Å²) in [5.41, 5.74) is 2.33. The van der Waals surface area contributed by atoms with E-state index in [-0.39, 0.29) is 28.6 Å². The van der Waals surface area contributed by atoms with Crippen molar-refractivity contribution in [2.24, 2.45) is 0 Å². The van der Waals surface area contributed by atoms with Crippen LogP contribution in [0.5, 0.6) is 23.0 Å². The van der Waals surface area contributed by atoms with Crippen LogP contribution < -0.4 is 18.9 Å². The van der Waals surface area contributed by atoms with E-state index in [0.717, 1.165) is 37.0 Å². The number of hydrogen-bond acceptors (Lipinski definition) is 9. The second-order valence-corrected chi connectivity index (χ2v) is 10.5. The van der Waals surface area contributed by atoms with Crippen molar-refractivity contribution in [2.45, 2.75) is 46.5 Å². The Morgan fingerprint density at radius 1 is 0.674 bits per heavy atom. The first-order chi connectivity index (χ1) is 22.0. The van der Waals surface area contributed by atoms with Crippen LogP contribution in [-0.4, -0.2) is 37.1 Å². The van der Waals surface area contributed by atoms with Crippen LogP contribution in [0.3, 0.4) is 0 Å². The first-order valence-electron chi connectivity index (χ1n) is 14.8. The van der Waals surface area contributed by atoms with Gasteiger partial charge in [-0.3, -0.25) is 0 Å². The Morgan fingerprint density at radius 3 is 1.91 bits per heavy atom. The average Bonchev–Trinajstić information content (AvgIpc) is 3.03. The molecule has 3 aromatic carbocycles. The van der Waals surface area contributed by atoms with Gasteiger partial charge in [-0.05, 0) is 118 Å². The van der Waals surface area contributed by atoms with E-state index in [9.17, 15) is 19.2 Å². The van der Waals surface area contributed by atoms with Crippen LogP contribution in [0.15, 0.2) is 97.1 Å². The van der Waals surface area contributed by atoms with Crippen molar-refractivity contribution in [1.82, 2.24) is 0 Å². The van der Waals surface area contributed by atoms with Gasteiger partial charge in [0.05, 0.1) is 18.8 Å². The molecular formula is C37H38O9. The minimum absolute atomic E-state index is 0.263. The zero-order valence-electron chi connectivity index (χ0n) is 26.3. The molecule has 0 bridgehead atoms. The topological polar surface area (TPSA) is 114 Å². The van der Waals surface area contributed by atoms with Crippen molar-refractivity contribution in [2.75, 3.05) is 13.2 Å². The smallest absolute Gasteiger partial charge is 0.343 e. The monoisotopic (exact) mass is 626 g/mol. The Morgan fingerprint density at radius 2 is 1.28 bits per heavy atom. The fraction of sp³-hybridized carbons (Fsp3) is 0.243. The number of benzene rings is 3. The lowest BCUT2D eigenvalue weighted by Crippen LogP contribution is -2.10. The third kappa shape index (κ3) is 11.9. The fourth-order valence-electron chi connectivity index (χ4n) is 3.84. The van der Waals surface area contributed by atoms with Crippen molar-refractivity contribution in [1.29, 1.82) is 0 Å². The van der Waals surface area contributed by atoms with Gasteiger partial charge in [-0.1, -0.05) is 25.3 Å². The lowest BCUT2D eigenvalue weighted by atomic mass is 10.2. The quantitative estimate of drug-likeness (QED) is 0.0695. The van der Waals surface area contributed by atoms with E-state index < -0.39 is 17.9 Å². The van der Waals surface area contributed by atoms with E-state index in [4.69, 9.17) is 23.7 Å². The summed E-state index contributed by atoms with van der Waals surface area (Å²) in [4.78, 5) is 48.0. The van der Waals surface area contributed by atoms with Gasteiger partial charge in [0.1, 0.15) is 23.0 Å². The minimum Gasteiger partial charge on any atom is -0.494 e. The first-order valence-corrected chi connectivity index (χ1v) is 14.8. The van der Waals surface area contributed by atoms with Crippen molar-refractivity contribution in [3.05, 3.63) is 114 Å². The third-order valence-electron chi connectivity index (χ3n) is 6.40. The number of unbranched alkanes of at least 4 members (excludes halogenated alkanes) is 3. The Kier molecular flexibility index (Phi) is 13.5. The van der Waals surface area contributed by atoms with Gasteiger partial charge in [0.15, 0.2) is 0 Å². The summed E-state index contributed by atoms with van der Waals surface area (Å²) in [6, 6.07) is 18.0. The molecule has 0 aliphatic carbocycles. The molecule has 0 aliphatic heterocycles. The Hall–Kier alpha value is -5.44. The highest BCUT2D eigenvalue weighted by Gasteiger charge is 2.13. The second kappa shape index (κ2) is 17.8. The molecule has 9 nitrogen and oxygen atoms in total. The highest BCUT2D eigenvalue weighted by Crippen LogP contribution is 2.25. The highest BCUT2D eigenvalue weighted by molar-refractivity contribution is 5.92. The molecule has 0 aromatic heterocycles. The predicted molar refractivity (Wildman–Crippen MR) is 174 cm³/mol. The number of esters is 4. The van der Waals surface area contributed by atoms with Crippen molar-refractivity contribution in [3.63, 3.8) is 0 Å².